The Labute approximate surface area is 146 Å². The molecule has 1 aromatic rings. The van der Waals surface area contributed by atoms with Crippen LogP contribution in [-0.2, 0) is 11.3 Å². The van der Waals surface area contributed by atoms with Crippen LogP contribution in [0.1, 0.15) is 19.4 Å². The van der Waals surface area contributed by atoms with E-state index < -0.39 is 6.10 Å². The highest BCUT2D eigenvalue weighted by Gasteiger charge is 2.19. The number of ether oxygens (including phenoxy) is 2. The van der Waals surface area contributed by atoms with Gasteiger partial charge >= 0.3 is 0 Å². The summed E-state index contributed by atoms with van der Waals surface area (Å²) < 4.78 is 10.8. The number of nitrogens with zero attached hydrogens (tertiary/aromatic N) is 2. The van der Waals surface area contributed by atoms with E-state index in [0.717, 1.165) is 37.5 Å². The van der Waals surface area contributed by atoms with Crippen LogP contribution in [0.5, 0.6) is 5.75 Å². The standard InChI is InChI=1S/C19H32N2O3/c1-16(2)12-20-8-10-21(11-9-20)13-18(22)15-24-14-17-4-6-19(23-3)7-5-17/h4-7,16,18,22H,8-15H2,1-3H3/t18-/m1/s1. The van der Waals surface area contributed by atoms with E-state index in [-0.39, 0.29) is 0 Å². The van der Waals surface area contributed by atoms with E-state index in [0.29, 0.717) is 25.7 Å². The third kappa shape index (κ3) is 6.77. The third-order valence-electron chi connectivity index (χ3n) is 4.30. The van der Waals surface area contributed by atoms with Crippen LogP contribution in [0.2, 0.25) is 0 Å². The molecule has 0 spiro atoms. The average molecular weight is 336 g/mol. The second-order valence-electron chi connectivity index (χ2n) is 7.01. The summed E-state index contributed by atoms with van der Waals surface area (Å²) in [7, 11) is 1.66. The molecular weight excluding hydrogens is 304 g/mol. The van der Waals surface area contributed by atoms with Crippen molar-refractivity contribution in [3.8, 4) is 5.75 Å². The SMILES string of the molecule is COc1ccc(COC[C@H](O)CN2CCN(CC(C)C)CC2)cc1. The largest absolute Gasteiger partial charge is 0.497 e. The zero-order valence-corrected chi connectivity index (χ0v) is 15.3. The Balaban J connectivity index is 1.60. The lowest BCUT2D eigenvalue weighted by Gasteiger charge is -2.36. The number of β-amino-alcohol motifs (C(OH)–C–C–N with tert-alkyl or cyclic N) is 1. The Bertz CT molecular complexity index is 456. The molecule has 0 radical (unpaired) electrons. The molecule has 5 nitrogen and oxygen atoms in total. The van der Waals surface area contributed by atoms with Crippen molar-refractivity contribution in [2.24, 2.45) is 5.92 Å². The quantitative estimate of drug-likeness (QED) is 0.746. The first kappa shape index (κ1) is 19.2. The summed E-state index contributed by atoms with van der Waals surface area (Å²) in [6.45, 7) is 11.5. The summed E-state index contributed by atoms with van der Waals surface area (Å²) in [5, 5.41) is 10.2. The number of aliphatic hydroxyl groups is 1. The maximum Gasteiger partial charge on any atom is 0.118 e. The van der Waals surface area contributed by atoms with Crippen LogP contribution < -0.4 is 4.74 Å². The first-order valence-electron chi connectivity index (χ1n) is 8.90. The normalized spacial score (nSPS) is 18.0. The van der Waals surface area contributed by atoms with Crippen molar-refractivity contribution >= 4 is 0 Å². The van der Waals surface area contributed by atoms with Crippen molar-refractivity contribution in [3.63, 3.8) is 0 Å². The highest BCUT2D eigenvalue weighted by molar-refractivity contribution is 5.26. The molecule has 0 unspecified atom stereocenters. The molecule has 0 saturated carbocycles. The predicted octanol–water partition coefficient (Wildman–Crippen LogP) is 1.85. The second kappa shape index (κ2) is 9.99. The van der Waals surface area contributed by atoms with Gasteiger partial charge in [0, 0.05) is 39.3 Å². The van der Waals surface area contributed by atoms with E-state index in [1.807, 2.05) is 24.3 Å². The number of methoxy groups -OCH3 is 1. The van der Waals surface area contributed by atoms with Gasteiger partial charge in [-0.2, -0.15) is 0 Å². The van der Waals surface area contributed by atoms with Gasteiger partial charge in [0.05, 0.1) is 26.4 Å². The van der Waals surface area contributed by atoms with E-state index in [4.69, 9.17) is 9.47 Å². The maximum absolute atomic E-state index is 10.2. The van der Waals surface area contributed by atoms with Gasteiger partial charge in [-0.3, -0.25) is 4.90 Å². The topological polar surface area (TPSA) is 45.2 Å². The lowest BCUT2D eigenvalue weighted by Crippen LogP contribution is -2.49. The van der Waals surface area contributed by atoms with Crippen LogP contribution in [0.25, 0.3) is 0 Å². The Hall–Kier alpha value is -1.14. The van der Waals surface area contributed by atoms with Crippen LogP contribution in [0.3, 0.4) is 0 Å². The minimum atomic E-state index is -0.431. The molecule has 1 fully saturated rings. The smallest absolute Gasteiger partial charge is 0.118 e. The summed E-state index contributed by atoms with van der Waals surface area (Å²) in [5.74, 6) is 1.56. The molecule has 2 rings (SSSR count). The Morgan fingerprint density at radius 2 is 1.58 bits per heavy atom. The van der Waals surface area contributed by atoms with Gasteiger partial charge in [-0.15, -0.1) is 0 Å². The van der Waals surface area contributed by atoms with Crippen molar-refractivity contribution < 1.29 is 14.6 Å². The molecule has 1 atom stereocenters. The first-order valence-corrected chi connectivity index (χ1v) is 8.90. The van der Waals surface area contributed by atoms with Gasteiger partial charge < -0.3 is 19.5 Å². The predicted molar refractivity (Wildman–Crippen MR) is 96.4 cm³/mol. The highest BCUT2D eigenvalue weighted by Crippen LogP contribution is 2.12. The van der Waals surface area contributed by atoms with Gasteiger partial charge in [0.2, 0.25) is 0 Å². The Morgan fingerprint density at radius 1 is 1.00 bits per heavy atom. The van der Waals surface area contributed by atoms with Crippen molar-refractivity contribution in [1.29, 1.82) is 0 Å². The van der Waals surface area contributed by atoms with E-state index in [9.17, 15) is 5.11 Å². The molecule has 1 saturated heterocycles. The van der Waals surface area contributed by atoms with Gasteiger partial charge in [-0.05, 0) is 23.6 Å². The Kier molecular flexibility index (Phi) is 7.99. The number of hydrogen-bond donors (Lipinski definition) is 1. The monoisotopic (exact) mass is 336 g/mol. The second-order valence-corrected chi connectivity index (χ2v) is 7.01. The van der Waals surface area contributed by atoms with E-state index >= 15 is 0 Å². The van der Waals surface area contributed by atoms with Gasteiger partial charge in [-0.25, -0.2) is 0 Å². The fourth-order valence-electron chi connectivity index (χ4n) is 3.06. The number of benzene rings is 1. The molecule has 24 heavy (non-hydrogen) atoms. The van der Waals surface area contributed by atoms with E-state index in [2.05, 4.69) is 23.6 Å². The first-order chi connectivity index (χ1) is 11.6. The molecule has 0 aliphatic carbocycles. The number of rotatable bonds is 9. The molecule has 1 aliphatic heterocycles. The summed E-state index contributed by atoms with van der Waals surface area (Å²) in [5.41, 5.74) is 1.09. The minimum Gasteiger partial charge on any atom is -0.497 e. The molecule has 0 bridgehead atoms. The summed E-state index contributed by atoms with van der Waals surface area (Å²) in [6, 6.07) is 7.82. The van der Waals surface area contributed by atoms with Crippen LogP contribution in [0.15, 0.2) is 24.3 Å². The lowest BCUT2D eigenvalue weighted by atomic mass is 10.2. The van der Waals surface area contributed by atoms with Crippen LogP contribution >= 0.6 is 0 Å². The number of aliphatic hydroxyl groups excluding tert-OH is 1. The summed E-state index contributed by atoms with van der Waals surface area (Å²) >= 11 is 0. The third-order valence-corrected chi connectivity index (χ3v) is 4.30. The maximum atomic E-state index is 10.2. The molecular formula is C19H32N2O3. The van der Waals surface area contributed by atoms with E-state index in [1.54, 1.807) is 7.11 Å². The average Bonchev–Trinajstić information content (AvgIpc) is 2.57. The number of hydrogen-bond acceptors (Lipinski definition) is 5. The fraction of sp³-hybridized carbons (Fsp3) is 0.684. The Morgan fingerprint density at radius 3 is 2.12 bits per heavy atom. The minimum absolute atomic E-state index is 0.373. The van der Waals surface area contributed by atoms with Crippen molar-refractivity contribution in [1.82, 2.24) is 9.80 Å². The highest BCUT2D eigenvalue weighted by atomic mass is 16.5. The van der Waals surface area contributed by atoms with Gasteiger partial charge in [0.15, 0.2) is 0 Å². The van der Waals surface area contributed by atoms with Crippen LogP contribution in [-0.4, -0.2) is 74.0 Å². The van der Waals surface area contributed by atoms with Gasteiger partial charge in [0.25, 0.3) is 0 Å². The van der Waals surface area contributed by atoms with E-state index in [1.165, 1.54) is 6.54 Å². The molecule has 136 valence electrons. The van der Waals surface area contributed by atoms with Crippen LogP contribution in [0, 0.1) is 5.92 Å². The van der Waals surface area contributed by atoms with Crippen molar-refractivity contribution in [2.45, 2.75) is 26.6 Å². The molecule has 0 aromatic heterocycles. The zero-order valence-electron chi connectivity index (χ0n) is 15.3. The fourth-order valence-corrected chi connectivity index (χ4v) is 3.06. The molecule has 1 N–H and O–H groups in total. The zero-order chi connectivity index (χ0) is 17.4. The summed E-state index contributed by atoms with van der Waals surface area (Å²) in [6.07, 6.45) is -0.431. The lowest BCUT2D eigenvalue weighted by molar-refractivity contribution is 0.000745. The molecule has 1 heterocycles. The molecule has 0 amide bonds. The van der Waals surface area contributed by atoms with Crippen molar-refractivity contribution in [2.75, 3.05) is 53.0 Å². The number of piperazine rings is 1. The molecule has 5 heteroatoms. The summed E-state index contributed by atoms with van der Waals surface area (Å²) in [4.78, 5) is 4.84. The van der Waals surface area contributed by atoms with Crippen molar-refractivity contribution in [3.05, 3.63) is 29.8 Å². The van der Waals surface area contributed by atoms with Gasteiger partial charge in [-0.1, -0.05) is 26.0 Å². The van der Waals surface area contributed by atoms with Crippen LogP contribution in [0.4, 0.5) is 0 Å². The molecule has 1 aliphatic rings. The molecule has 1 aromatic carbocycles. The van der Waals surface area contributed by atoms with Gasteiger partial charge in [0.1, 0.15) is 5.75 Å².